The van der Waals surface area contributed by atoms with Crippen LogP contribution in [0, 0.1) is 0 Å². The van der Waals surface area contributed by atoms with Crippen LogP contribution in [0.4, 0.5) is 5.82 Å². The summed E-state index contributed by atoms with van der Waals surface area (Å²) in [6.45, 7) is 2.86. The van der Waals surface area contributed by atoms with E-state index in [1.54, 1.807) is 37.4 Å². The summed E-state index contributed by atoms with van der Waals surface area (Å²) in [6.07, 6.45) is 3.44. The lowest BCUT2D eigenvalue weighted by atomic mass is 10.1. The van der Waals surface area contributed by atoms with Gasteiger partial charge in [-0.2, -0.15) is 0 Å². The van der Waals surface area contributed by atoms with Gasteiger partial charge in [0.1, 0.15) is 24.2 Å². The van der Waals surface area contributed by atoms with Gasteiger partial charge in [0.05, 0.1) is 6.54 Å². The van der Waals surface area contributed by atoms with Crippen LogP contribution in [-0.4, -0.2) is 48.1 Å². The highest BCUT2D eigenvalue weighted by Gasteiger charge is 2.18. The number of hydrogen-bond donors (Lipinski definition) is 2. The van der Waals surface area contributed by atoms with E-state index in [4.69, 9.17) is 4.74 Å². The summed E-state index contributed by atoms with van der Waals surface area (Å²) in [6, 6.07) is 21.1. The van der Waals surface area contributed by atoms with Crippen LogP contribution in [0.15, 0.2) is 90.8 Å². The Morgan fingerprint density at radius 2 is 1.76 bits per heavy atom. The fourth-order valence-electron chi connectivity index (χ4n) is 3.35. The molecule has 7 heteroatoms. The number of hydrogen-bond acceptors (Lipinski definition) is 6. The third-order valence-corrected chi connectivity index (χ3v) is 5.20. The second kappa shape index (κ2) is 12.2. The minimum Gasteiger partial charge on any atom is -0.492 e. The van der Waals surface area contributed by atoms with Crippen molar-refractivity contribution >= 4 is 17.6 Å². The molecule has 34 heavy (non-hydrogen) atoms. The van der Waals surface area contributed by atoms with E-state index in [-0.39, 0.29) is 12.2 Å². The van der Waals surface area contributed by atoms with Gasteiger partial charge in [-0.25, -0.2) is 9.78 Å². The number of benzene rings is 2. The number of ketones is 1. The standard InChI is InChI=1S/C27H29N3O4/c1-20(18-25(31)22-8-4-3-5-9-22)29-24(27(32)33)19-21-11-13-23(14-12-21)34-17-16-30(2)26-10-6-7-15-28-26/h3-15,18,24,29H,16-17,19H2,1-2H3,(H,32,33). The molecular formula is C27H29N3O4. The number of pyridine rings is 1. The van der Waals surface area contributed by atoms with Crippen LogP contribution in [0.5, 0.6) is 5.75 Å². The summed E-state index contributed by atoms with van der Waals surface area (Å²) < 4.78 is 5.81. The van der Waals surface area contributed by atoms with Crippen LogP contribution in [0.3, 0.4) is 0 Å². The maximum atomic E-state index is 12.3. The highest BCUT2D eigenvalue weighted by atomic mass is 16.5. The van der Waals surface area contributed by atoms with Gasteiger partial charge in [-0.15, -0.1) is 0 Å². The van der Waals surface area contributed by atoms with Crippen molar-refractivity contribution in [1.82, 2.24) is 10.3 Å². The largest absolute Gasteiger partial charge is 0.492 e. The molecule has 0 spiro atoms. The lowest BCUT2D eigenvalue weighted by molar-refractivity contribution is -0.139. The predicted molar refractivity (Wildman–Crippen MR) is 132 cm³/mol. The van der Waals surface area contributed by atoms with E-state index in [1.807, 2.05) is 60.5 Å². The number of nitrogens with one attached hydrogen (secondary N) is 1. The summed E-state index contributed by atoms with van der Waals surface area (Å²) in [5.41, 5.74) is 1.90. The van der Waals surface area contributed by atoms with Crippen molar-refractivity contribution in [1.29, 1.82) is 0 Å². The Balaban J connectivity index is 1.52. The van der Waals surface area contributed by atoms with Gasteiger partial charge in [0.25, 0.3) is 0 Å². The number of carbonyl (C=O) groups is 2. The van der Waals surface area contributed by atoms with Crippen molar-refractivity contribution in [2.24, 2.45) is 0 Å². The Labute approximate surface area is 199 Å². The smallest absolute Gasteiger partial charge is 0.326 e. The molecule has 0 fully saturated rings. The molecule has 3 aromatic rings. The molecule has 2 aromatic carbocycles. The zero-order chi connectivity index (χ0) is 24.3. The lowest BCUT2D eigenvalue weighted by Crippen LogP contribution is -2.37. The first-order valence-electron chi connectivity index (χ1n) is 11.0. The lowest BCUT2D eigenvalue weighted by Gasteiger charge is -2.18. The number of ether oxygens (including phenoxy) is 1. The van der Waals surface area contributed by atoms with Gasteiger partial charge in [-0.05, 0) is 36.8 Å². The molecule has 0 saturated carbocycles. The fourth-order valence-corrected chi connectivity index (χ4v) is 3.35. The van der Waals surface area contributed by atoms with Crippen molar-refractivity contribution in [3.8, 4) is 5.75 Å². The molecule has 0 aliphatic heterocycles. The van der Waals surface area contributed by atoms with Gasteiger partial charge in [-0.3, -0.25) is 4.79 Å². The van der Waals surface area contributed by atoms with E-state index in [9.17, 15) is 14.7 Å². The average Bonchev–Trinajstić information content (AvgIpc) is 2.85. The number of likely N-dealkylation sites (N-methyl/N-ethyl adjacent to an activating group) is 1. The molecule has 7 nitrogen and oxygen atoms in total. The fraction of sp³-hybridized carbons (Fsp3) is 0.222. The average molecular weight is 460 g/mol. The summed E-state index contributed by atoms with van der Waals surface area (Å²) in [5, 5.41) is 12.6. The minimum absolute atomic E-state index is 0.176. The van der Waals surface area contributed by atoms with E-state index in [1.165, 1.54) is 6.08 Å². The minimum atomic E-state index is -0.988. The zero-order valence-electron chi connectivity index (χ0n) is 19.3. The van der Waals surface area contributed by atoms with Crippen molar-refractivity contribution in [2.75, 3.05) is 25.1 Å². The Morgan fingerprint density at radius 3 is 2.41 bits per heavy atom. The zero-order valence-corrected chi connectivity index (χ0v) is 19.3. The molecule has 1 atom stereocenters. The highest BCUT2D eigenvalue weighted by molar-refractivity contribution is 6.04. The molecule has 0 aliphatic carbocycles. The summed E-state index contributed by atoms with van der Waals surface area (Å²) in [4.78, 5) is 30.4. The van der Waals surface area contributed by atoms with Gasteiger partial charge >= 0.3 is 5.97 Å². The first kappa shape index (κ1) is 24.5. The van der Waals surface area contributed by atoms with E-state index in [0.717, 1.165) is 11.4 Å². The second-order valence-corrected chi connectivity index (χ2v) is 7.90. The molecule has 1 unspecified atom stereocenters. The van der Waals surface area contributed by atoms with Gasteiger partial charge in [0.15, 0.2) is 5.78 Å². The third-order valence-electron chi connectivity index (χ3n) is 5.20. The molecule has 1 heterocycles. The summed E-state index contributed by atoms with van der Waals surface area (Å²) in [5.74, 6) is 0.425. The molecule has 2 N–H and O–H groups in total. The van der Waals surface area contributed by atoms with Gasteiger partial charge < -0.3 is 20.1 Å². The van der Waals surface area contributed by atoms with E-state index < -0.39 is 12.0 Å². The number of carbonyl (C=O) groups excluding carboxylic acids is 1. The number of nitrogens with zero attached hydrogens (tertiary/aromatic N) is 2. The van der Waals surface area contributed by atoms with Crippen LogP contribution < -0.4 is 15.0 Å². The molecule has 0 amide bonds. The highest BCUT2D eigenvalue weighted by Crippen LogP contribution is 2.15. The topological polar surface area (TPSA) is 91.8 Å². The van der Waals surface area contributed by atoms with Crippen molar-refractivity contribution < 1.29 is 19.4 Å². The second-order valence-electron chi connectivity index (χ2n) is 7.90. The first-order chi connectivity index (χ1) is 16.4. The van der Waals surface area contributed by atoms with Gasteiger partial charge in [0.2, 0.25) is 0 Å². The van der Waals surface area contributed by atoms with Crippen LogP contribution in [-0.2, 0) is 11.2 Å². The quantitative estimate of drug-likeness (QED) is 0.313. The molecular weight excluding hydrogens is 430 g/mol. The van der Waals surface area contributed by atoms with Crippen LogP contribution >= 0.6 is 0 Å². The number of rotatable bonds is 12. The van der Waals surface area contributed by atoms with Crippen LogP contribution in [0.1, 0.15) is 22.8 Å². The van der Waals surface area contributed by atoms with E-state index >= 15 is 0 Å². The molecule has 0 radical (unpaired) electrons. The van der Waals surface area contributed by atoms with Crippen LogP contribution in [0.25, 0.3) is 0 Å². The van der Waals surface area contributed by atoms with E-state index in [0.29, 0.717) is 30.2 Å². The Kier molecular flexibility index (Phi) is 8.80. The van der Waals surface area contributed by atoms with Gasteiger partial charge in [0, 0.05) is 37.0 Å². The molecule has 3 rings (SSSR count). The van der Waals surface area contributed by atoms with E-state index in [2.05, 4.69) is 10.3 Å². The Hall–Kier alpha value is -4.13. The SMILES string of the molecule is CC(=CC(=O)c1ccccc1)NC(Cc1ccc(OCCN(C)c2ccccn2)cc1)C(=O)O. The molecule has 0 bridgehead atoms. The number of anilines is 1. The summed E-state index contributed by atoms with van der Waals surface area (Å²) in [7, 11) is 1.96. The normalized spacial score (nSPS) is 12.0. The molecule has 0 saturated heterocycles. The van der Waals surface area contributed by atoms with Crippen molar-refractivity contribution in [3.63, 3.8) is 0 Å². The molecule has 176 valence electrons. The third kappa shape index (κ3) is 7.48. The number of carboxylic acids is 1. The summed E-state index contributed by atoms with van der Waals surface area (Å²) >= 11 is 0. The van der Waals surface area contributed by atoms with Crippen LogP contribution in [0.2, 0.25) is 0 Å². The Bertz CT molecular complexity index is 1100. The van der Waals surface area contributed by atoms with Gasteiger partial charge in [-0.1, -0.05) is 48.5 Å². The monoisotopic (exact) mass is 459 g/mol. The van der Waals surface area contributed by atoms with Crippen molar-refractivity contribution in [2.45, 2.75) is 19.4 Å². The van der Waals surface area contributed by atoms with Crippen molar-refractivity contribution in [3.05, 3.63) is 102 Å². The Morgan fingerprint density at radius 1 is 1.06 bits per heavy atom. The molecule has 1 aromatic heterocycles. The maximum Gasteiger partial charge on any atom is 0.326 e. The maximum absolute atomic E-state index is 12.3. The number of aromatic nitrogens is 1. The number of aliphatic carboxylic acids is 1. The number of allylic oxidation sites excluding steroid dienone is 2. The first-order valence-corrected chi connectivity index (χ1v) is 11.0. The number of carboxylic acid groups (broad SMARTS) is 1. The molecule has 0 aliphatic rings. The predicted octanol–water partition coefficient (Wildman–Crippen LogP) is 3.97.